The Morgan fingerprint density at radius 3 is 2.50 bits per heavy atom. The number of carboxylic acids is 1. The van der Waals surface area contributed by atoms with Gasteiger partial charge < -0.3 is 14.6 Å². The van der Waals surface area contributed by atoms with Crippen LogP contribution in [0.2, 0.25) is 0 Å². The maximum Gasteiger partial charge on any atom is 0.573 e. The van der Waals surface area contributed by atoms with Gasteiger partial charge in [-0.15, -0.1) is 13.2 Å². The summed E-state index contributed by atoms with van der Waals surface area (Å²) in [6, 6.07) is 8.59. The molecule has 1 atom stereocenters. The van der Waals surface area contributed by atoms with Crippen molar-refractivity contribution in [2.24, 2.45) is 0 Å². The molecule has 0 saturated carbocycles. The predicted molar refractivity (Wildman–Crippen MR) is 89.0 cm³/mol. The Labute approximate surface area is 157 Å². The number of ether oxygens (including phenoxy) is 2. The van der Waals surface area contributed by atoms with Crippen LogP contribution in [0.15, 0.2) is 54.6 Å². The molecule has 3 rings (SSSR count). The average molecular weight is 396 g/mol. The van der Waals surface area contributed by atoms with Crippen LogP contribution in [-0.4, -0.2) is 22.4 Å². The van der Waals surface area contributed by atoms with E-state index in [-0.39, 0.29) is 12.2 Å². The van der Waals surface area contributed by atoms with Gasteiger partial charge in [0.25, 0.3) is 0 Å². The molecule has 7 nitrogen and oxygen atoms in total. The zero-order valence-corrected chi connectivity index (χ0v) is 14.3. The van der Waals surface area contributed by atoms with Crippen molar-refractivity contribution < 1.29 is 37.4 Å². The molecule has 1 aromatic heterocycles. The molecule has 0 saturated heterocycles. The maximum atomic E-state index is 12.2. The van der Waals surface area contributed by atoms with Gasteiger partial charge in [-0.1, -0.05) is 12.1 Å². The number of carbonyl (C=O) groups is 1. The third-order valence-electron chi connectivity index (χ3n) is 3.65. The number of hydrogen-bond acceptors (Lipinski definition) is 6. The molecule has 2 heterocycles. The Kier molecular flexibility index (Phi) is 5.69. The van der Waals surface area contributed by atoms with Crippen LogP contribution in [0.5, 0.6) is 11.5 Å². The number of rotatable bonds is 7. The van der Waals surface area contributed by atoms with Crippen molar-refractivity contribution in [3.63, 3.8) is 0 Å². The normalized spacial score (nSPS) is 16.2. The Hall–Kier alpha value is -3.27. The van der Waals surface area contributed by atoms with Gasteiger partial charge in [0.1, 0.15) is 17.6 Å². The van der Waals surface area contributed by atoms with Crippen LogP contribution in [0.1, 0.15) is 23.8 Å². The number of aryl methyl sites for hydroxylation is 1. The third-order valence-corrected chi connectivity index (χ3v) is 3.65. The summed E-state index contributed by atoms with van der Waals surface area (Å²) in [7, 11) is 0. The lowest BCUT2D eigenvalue weighted by Gasteiger charge is -2.11. The van der Waals surface area contributed by atoms with Crippen LogP contribution >= 0.6 is 0 Å². The van der Waals surface area contributed by atoms with Gasteiger partial charge in [-0.25, -0.2) is 5.48 Å². The van der Waals surface area contributed by atoms with Gasteiger partial charge in [-0.2, -0.15) is 0 Å². The van der Waals surface area contributed by atoms with Crippen molar-refractivity contribution >= 4 is 5.97 Å². The van der Waals surface area contributed by atoms with E-state index >= 15 is 0 Å². The fourth-order valence-corrected chi connectivity index (χ4v) is 2.39. The second kappa shape index (κ2) is 8.17. The smallest absolute Gasteiger partial charge is 0.481 e. The average Bonchev–Trinajstić information content (AvgIpc) is 3.09. The summed E-state index contributed by atoms with van der Waals surface area (Å²) in [6.07, 6.45) is -1.94. The van der Waals surface area contributed by atoms with Crippen LogP contribution in [0.25, 0.3) is 0 Å². The molecule has 0 spiro atoms. The fourth-order valence-electron chi connectivity index (χ4n) is 2.39. The number of hydroxylamine groups is 1. The molecule has 148 valence electrons. The van der Waals surface area contributed by atoms with Crippen molar-refractivity contribution in [2.45, 2.75) is 25.3 Å². The molecule has 10 heteroatoms. The van der Waals surface area contributed by atoms with Crippen molar-refractivity contribution in [1.29, 1.82) is 0 Å². The molecule has 2 aromatic rings. The fraction of sp³-hybridized carbons (Fsp3) is 0.222. The minimum Gasteiger partial charge on any atom is -0.481 e. The monoisotopic (exact) mass is 396 g/mol. The first kappa shape index (κ1) is 19.5. The SMILES string of the molecule is O=C(O)CCc1ccc(OC2=CC(c3ccc(OC(F)(F)F)cc3)ON2)cn1. The first-order valence-electron chi connectivity index (χ1n) is 8.12. The van der Waals surface area contributed by atoms with Gasteiger partial charge >= 0.3 is 12.3 Å². The summed E-state index contributed by atoms with van der Waals surface area (Å²) in [5.74, 6) is -0.517. The minimum atomic E-state index is -4.74. The van der Waals surface area contributed by atoms with E-state index in [0.29, 0.717) is 29.3 Å². The molecular weight excluding hydrogens is 381 g/mol. The molecule has 0 bridgehead atoms. The highest BCUT2D eigenvalue weighted by molar-refractivity contribution is 5.66. The standard InChI is InChI=1S/C18H15F3N2O5/c19-18(20,21)27-13-5-1-11(2-6-13)15-9-16(23-28-15)26-14-7-3-12(22-10-14)4-8-17(24)25/h1-3,5-7,9-10,15,23H,4,8H2,(H,24,25). The summed E-state index contributed by atoms with van der Waals surface area (Å²) in [5.41, 5.74) is 3.81. The van der Waals surface area contributed by atoms with E-state index < -0.39 is 18.4 Å². The lowest BCUT2D eigenvalue weighted by atomic mass is 10.1. The van der Waals surface area contributed by atoms with Crippen molar-refractivity contribution in [3.8, 4) is 11.5 Å². The van der Waals surface area contributed by atoms with Gasteiger partial charge in [0.2, 0.25) is 5.88 Å². The number of hydrogen-bond donors (Lipinski definition) is 2. The zero-order chi connectivity index (χ0) is 20.1. The second-order valence-electron chi connectivity index (χ2n) is 5.77. The molecule has 2 N–H and O–H groups in total. The summed E-state index contributed by atoms with van der Waals surface area (Å²) >= 11 is 0. The first-order chi connectivity index (χ1) is 13.3. The molecule has 0 fully saturated rings. The summed E-state index contributed by atoms with van der Waals surface area (Å²) < 4.78 is 46.0. The number of halogens is 3. The van der Waals surface area contributed by atoms with Crippen LogP contribution in [0.3, 0.4) is 0 Å². The van der Waals surface area contributed by atoms with Gasteiger partial charge in [0.15, 0.2) is 0 Å². The van der Waals surface area contributed by atoms with E-state index in [4.69, 9.17) is 14.7 Å². The number of pyridine rings is 1. The summed E-state index contributed by atoms with van der Waals surface area (Å²) in [4.78, 5) is 20.0. The quantitative estimate of drug-likeness (QED) is 0.740. The number of alkyl halides is 3. The van der Waals surface area contributed by atoms with E-state index in [1.54, 1.807) is 18.2 Å². The highest BCUT2D eigenvalue weighted by atomic mass is 19.4. The van der Waals surface area contributed by atoms with Gasteiger partial charge in [0.05, 0.1) is 12.6 Å². The number of carboxylic acid groups (broad SMARTS) is 1. The number of nitrogens with one attached hydrogen (secondary N) is 1. The van der Waals surface area contributed by atoms with E-state index in [1.807, 2.05) is 0 Å². The number of aromatic nitrogens is 1. The van der Waals surface area contributed by atoms with Gasteiger partial charge in [-0.05, 0) is 29.8 Å². The molecule has 0 aliphatic carbocycles. The summed E-state index contributed by atoms with van der Waals surface area (Å²) in [5, 5.41) is 8.66. The molecule has 0 amide bonds. The topological polar surface area (TPSA) is 89.9 Å². The Morgan fingerprint density at radius 1 is 1.18 bits per heavy atom. The maximum absolute atomic E-state index is 12.2. The molecule has 1 aliphatic heterocycles. The molecule has 28 heavy (non-hydrogen) atoms. The lowest BCUT2D eigenvalue weighted by molar-refractivity contribution is -0.274. The largest absolute Gasteiger partial charge is 0.573 e. The number of benzene rings is 1. The van der Waals surface area contributed by atoms with Crippen LogP contribution in [0.4, 0.5) is 13.2 Å². The van der Waals surface area contributed by atoms with Crippen LogP contribution in [0, 0.1) is 0 Å². The van der Waals surface area contributed by atoms with Crippen LogP contribution in [-0.2, 0) is 16.1 Å². The number of aliphatic carboxylic acids is 1. The Balaban J connectivity index is 1.58. The van der Waals surface area contributed by atoms with Crippen molar-refractivity contribution in [1.82, 2.24) is 10.5 Å². The molecule has 1 aromatic carbocycles. The second-order valence-corrected chi connectivity index (χ2v) is 5.77. The van der Waals surface area contributed by atoms with E-state index in [0.717, 1.165) is 0 Å². The molecule has 0 radical (unpaired) electrons. The van der Waals surface area contributed by atoms with E-state index in [9.17, 15) is 18.0 Å². The summed E-state index contributed by atoms with van der Waals surface area (Å²) in [6.45, 7) is 0. The molecular formula is C18H15F3N2O5. The van der Waals surface area contributed by atoms with Crippen LogP contribution < -0.4 is 15.0 Å². The lowest BCUT2D eigenvalue weighted by Crippen LogP contribution is -2.17. The predicted octanol–water partition coefficient (Wildman–Crippen LogP) is 3.49. The highest BCUT2D eigenvalue weighted by Crippen LogP contribution is 2.28. The number of nitrogens with zero attached hydrogens (tertiary/aromatic N) is 1. The van der Waals surface area contributed by atoms with Gasteiger partial charge in [0, 0.05) is 18.2 Å². The van der Waals surface area contributed by atoms with Crippen molar-refractivity contribution in [3.05, 3.63) is 65.8 Å². The zero-order valence-electron chi connectivity index (χ0n) is 14.3. The van der Waals surface area contributed by atoms with Gasteiger partial charge in [-0.3, -0.25) is 14.6 Å². The van der Waals surface area contributed by atoms with Crippen molar-refractivity contribution in [2.75, 3.05) is 0 Å². The first-order valence-corrected chi connectivity index (χ1v) is 8.12. The minimum absolute atomic E-state index is 0.0117. The van der Waals surface area contributed by atoms with E-state index in [1.165, 1.54) is 30.5 Å². The highest BCUT2D eigenvalue weighted by Gasteiger charge is 2.31. The Bertz CT molecular complexity index is 851. The third kappa shape index (κ3) is 5.61. The molecule has 1 unspecified atom stereocenters. The van der Waals surface area contributed by atoms with E-state index in [2.05, 4.69) is 15.2 Å². The Morgan fingerprint density at radius 2 is 1.89 bits per heavy atom. The molecule has 1 aliphatic rings.